The number of anilines is 1. The number of aryl methyl sites for hydroxylation is 1. The summed E-state index contributed by atoms with van der Waals surface area (Å²) in [5.74, 6) is 0.0795. The van der Waals surface area contributed by atoms with Gasteiger partial charge < -0.3 is 4.90 Å². The van der Waals surface area contributed by atoms with Crippen LogP contribution in [-0.2, 0) is 11.2 Å². The highest BCUT2D eigenvalue weighted by Gasteiger charge is 2.34. The van der Waals surface area contributed by atoms with Gasteiger partial charge in [0.2, 0.25) is 11.1 Å². The summed E-state index contributed by atoms with van der Waals surface area (Å²) in [4.78, 5) is 15.1. The van der Waals surface area contributed by atoms with E-state index >= 15 is 0 Å². The number of rotatable bonds is 4. The lowest BCUT2D eigenvalue weighted by Crippen LogP contribution is -2.40. The van der Waals surface area contributed by atoms with Crippen molar-refractivity contribution in [2.75, 3.05) is 4.90 Å². The van der Waals surface area contributed by atoms with Crippen LogP contribution in [0.15, 0.2) is 53.7 Å². The van der Waals surface area contributed by atoms with Gasteiger partial charge in [-0.1, -0.05) is 47.7 Å². The van der Waals surface area contributed by atoms with E-state index in [2.05, 4.69) is 28.5 Å². The largest absolute Gasteiger partial charge is 0.308 e. The molecule has 1 aliphatic rings. The monoisotopic (exact) mass is 379 g/mol. The molecule has 1 aromatic heterocycles. The van der Waals surface area contributed by atoms with E-state index < -0.39 is 0 Å². The molecule has 0 bridgehead atoms. The van der Waals surface area contributed by atoms with Crippen molar-refractivity contribution in [1.82, 2.24) is 20.2 Å². The number of carbonyl (C=O) groups is 1. The van der Waals surface area contributed by atoms with Gasteiger partial charge in [-0.25, -0.2) is 0 Å². The summed E-state index contributed by atoms with van der Waals surface area (Å²) in [5.41, 5.74) is 4.29. The van der Waals surface area contributed by atoms with Crippen LogP contribution in [0, 0.1) is 6.92 Å². The molecule has 0 saturated carbocycles. The summed E-state index contributed by atoms with van der Waals surface area (Å²) in [5, 5.41) is 12.3. The van der Waals surface area contributed by atoms with Crippen molar-refractivity contribution in [3.05, 3.63) is 59.7 Å². The fraction of sp³-hybridized carbons (Fsp3) is 0.300. The molecule has 2 heterocycles. The second-order valence-electron chi connectivity index (χ2n) is 6.86. The van der Waals surface area contributed by atoms with E-state index in [4.69, 9.17) is 0 Å². The number of hydrogen-bond acceptors (Lipinski definition) is 5. The minimum absolute atomic E-state index is 0.0795. The number of fused-ring (bicyclic) bond motifs is 1. The Balaban J connectivity index is 1.55. The molecule has 2 aromatic carbocycles. The van der Waals surface area contributed by atoms with E-state index in [9.17, 15) is 4.79 Å². The summed E-state index contributed by atoms with van der Waals surface area (Å²) in [6.07, 6.45) is 0.889. The molecule has 2 atom stereocenters. The van der Waals surface area contributed by atoms with E-state index in [1.54, 1.807) is 4.68 Å². The van der Waals surface area contributed by atoms with E-state index in [-0.39, 0.29) is 17.2 Å². The Labute approximate surface area is 162 Å². The molecule has 7 heteroatoms. The molecule has 6 nitrogen and oxygen atoms in total. The van der Waals surface area contributed by atoms with Gasteiger partial charge in [0.1, 0.15) is 0 Å². The number of para-hydroxylation sites is 1. The third-order valence-electron chi connectivity index (χ3n) is 4.79. The van der Waals surface area contributed by atoms with Gasteiger partial charge in [0.25, 0.3) is 0 Å². The Morgan fingerprint density at radius 1 is 1.19 bits per heavy atom. The van der Waals surface area contributed by atoms with Crippen LogP contribution in [-0.4, -0.2) is 37.4 Å². The standard InChI is InChI=1S/C20H21N5OS/c1-13-8-10-17(11-9-13)25-20(21-22-23-25)27-15(3)19(26)24-14(2)12-16-6-4-5-7-18(16)24/h4-11,14-15H,12H2,1-3H3/t14-,15+/m1/s1. The van der Waals surface area contributed by atoms with Crippen LogP contribution in [0.1, 0.15) is 25.0 Å². The summed E-state index contributed by atoms with van der Waals surface area (Å²) in [7, 11) is 0. The Kier molecular flexibility index (Phi) is 4.70. The Morgan fingerprint density at radius 2 is 1.93 bits per heavy atom. The molecule has 4 rings (SSSR count). The SMILES string of the molecule is Cc1ccc(-n2nnnc2S[C@@H](C)C(=O)N2c3ccccc3C[C@H]2C)cc1. The van der Waals surface area contributed by atoms with Crippen LogP contribution in [0.25, 0.3) is 5.69 Å². The Bertz CT molecular complexity index is 969. The van der Waals surface area contributed by atoms with Crippen LogP contribution < -0.4 is 4.90 Å². The predicted octanol–water partition coefficient (Wildman–Crippen LogP) is 3.43. The van der Waals surface area contributed by atoms with E-state index in [0.717, 1.165) is 17.8 Å². The number of carbonyl (C=O) groups excluding carboxylic acids is 1. The van der Waals surface area contributed by atoms with Crippen molar-refractivity contribution < 1.29 is 4.79 Å². The molecule has 0 N–H and O–H groups in total. The average molecular weight is 379 g/mol. The van der Waals surface area contributed by atoms with Gasteiger partial charge in [0.15, 0.2) is 0 Å². The zero-order valence-electron chi connectivity index (χ0n) is 15.5. The van der Waals surface area contributed by atoms with Gasteiger partial charge in [-0.2, -0.15) is 4.68 Å². The highest BCUT2D eigenvalue weighted by Crippen LogP contribution is 2.34. The maximum atomic E-state index is 13.2. The number of thioether (sulfide) groups is 1. The van der Waals surface area contributed by atoms with Gasteiger partial charge in [-0.15, -0.1) is 5.10 Å². The van der Waals surface area contributed by atoms with Gasteiger partial charge in [-0.05, 0) is 61.4 Å². The topological polar surface area (TPSA) is 63.9 Å². The van der Waals surface area contributed by atoms with Crippen LogP contribution in [0.2, 0.25) is 0 Å². The first-order chi connectivity index (χ1) is 13.0. The molecule has 0 fully saturated rings. The van der Waals surface area contributed by atoms with Crippen LogP contribution in [0.3, 0.4) is 0 Å². The molecular weight excluding hydrogens is 358 g/mol. The Hall–Kier alpha value is -2.67. The van der Waals surface area contributed by atoms with Crippen molar-refractivity contribution in [2.24, 2.45) is 0 Å². The van der Waals surface area contributed by atoms with Crippen LogP contribution in [0.5, 0.6) is 0 Å². The number of benzene rings is 2. The predicted molar refractivity (Wildman–Crippen MR) is 106 cm³/mol. The number of nitrogens with zero attached hydrogens (tertiary/aromatic N) is 5. The molecule has 3 aromatic rings. The number of aromatic nitrogens is 4. The summed E-state index contributed by atoms with van der Waals surface area (Å²) >= 11 is 1.38. The zero-order chi connectivity index (χ0) is 19.0. The molecule has 0 radical (unpaired) electrons. The molecule has 1 amide bonds. The van der Waals surface area contributed by atoms with Crippen molar-refractivity contribution in [3.8, 4) is 5.69 Å². The van der Waals surface area contributed by atoms with Gasteiger partial charge in [0.05, 0.1) is 10.9 Å². The van der Waals surface area contributed by atoms with Crippen molar-refractivity contribution in [1.29, 1.82) is 0 Å². The van der Waals surface area contributed by atoms with Gasteiger partial charge in [-0.3, -0.25) is 4.79 Å². The lowest BCUT2D eigenvalue weighted by Gasteiger charge is -2.25. The Morgan fingerprint density at radius 3 is 2.70 bits per heavy atom. The first-order valence-corrected chi connectivity index (χ1v) is 9.85. The summed E-state index contributed by atoms with van der Waals surface area (Å²) in [6.45, 7) is 6.04. The van der Waals surface area contributed by atoms with E-state index in [1.807, 2.05) is 61.2 Å². The first-order valence-electron chi connectivity index (χ1n) is 8.97. The fourth-order valence-electron chi connectivity index (χ4n) is 3.41. The van der Waals surface area contributed by atoms with Gasteiger partial charge >= 0.3 is 0 Å². The lowest BCUT2D eigenvalue weighted by atomic mass is 10.1. The number of tetrazole rings is 1. The van der Waals surface area contributed by atoms with Crippen molar-refractivity contribution in [2.45, 2.75) is 43.6 Å². The minimum Gasteiger partial charge on any atom is -0.308 e. The molecule has 0 saturated heterocycles. The van der Waals surface area contributed by atoms with E-state index in [1.165, 1.54) is 22.9 Å². The molecule has 27 heavy (non-hydrogen) atoms. The maximum Gasteiger partial charge on any atom is 0.240 e. The normalized spacial score (nSPS) is 17.0. The highest BCUT2D eigenvalue weighted by atomic mass is 32.2. The smallest absolute Gasteiger partial charge is 0.240 e. The van der Waals surface area contributed by atoms with E-state index in [0.29, 0.717) is 5.16 Å². The number of amides is 1. The van der Waals surface area contributed by atoms with Gasteiger partial charge in [0, 0.05) is 11.7 Å². The molecule has 138 valence electrons. The average Bonchev–Trinajstić information content (AvgIpc) is 3.25. The number of hydrogen-bond donors (Lipinski definition) is 0. The summed E-state index contributed by atoms with van der Waals surface area (Å²) < 4.78 is 1.68. The molecule has 0 unspecified atom stereocenters. The highest BCUT2D eigenvalue weighted by molar-refractivity contribution is 8.00. The summed E-state index contributed by atoms with van der Waals surface area (Å²) in [6, 6.07) is 16.2. The zero-order valence-corrected chi connectivity index (χ0v) is 16.3. The molecule has 0 aliphatic carbocycles. The third kappa shape index (κ3) is 3.35. The fourth-order valence-corrected chi connectivity index (χ4v) is 4.26. The molecule has 0 spiro atoms. The lowest BCUT2D eigenvalue weighted by molar-refractivity contribution is -0.118. The maximum absolute atomic E-state index is 13.2. The second-order valence-corrected chi connectivity index (χ2v) is 8.17. The third-order valence-corrected chi connectivity index (χ3v) is 5.81. The van der Waals surface area contributed by atoms with Crippen LogP contribution in [0.4, 0.5) is 5.69 Å². The first kappa shape index (κ1) is 17.7. The second kappa shape index (κ2) is 7.15. The molecule has 1 aliphatic heterocycles. The van der Waals surface area contributed by atoms with Crippen molar-refractivity contribution in [3.63, 3.8) is 0 Å². The quantitative estimate of drug-likeness (QED) is 0.650. The molecular formula is C20H21N5OS. The minimum atomic E-state index is -0.297. The van der Waals surface area contributed by atoms with Crippen LogP contribution >= 0.6 is 11.8 Å². The van der Waals surface area contributed by atoms with Crippen molar-refractivity contribution >= 4 is 23.4 Å².